The normalized spacial score (nSPS) is 31.8. The Bertz CT molecular complexity index is 311. The molecule has 1 saturated carbocycles. The smallest absolute Gasteiger partial charge is 0.225 e. The Labute approximate surface area is 121 Å². The lowest BCUT2D eigenvalue weighted by atomic mass is 9.81. The number of hydrogen-bond acceptors (Lipinski definition) is 3. The van der Waals surface area contributed by atoms with Crippen LogP contribution in [0, 0.1) is 11.8 Å². The van der Waals surface area contributed by atoms with Gasteiger partial charge in [0.05, 0.1) is 0 Å². The van der Waals surface area contributed by atoms with Crippen LogP contribution in [-0.4, -0.2) is 40.9 Å². The molecule has 0 atom stereocenters. The molecule has 2 fully saturated rings. The molecule has 19 heavy (non-hydrogen) atoms. The molecule has 1 amide bonds. The molecule has 2 aliphatic rings. The Kier molecular flexibility index (Phi) is 5.18. The van der Waals surface area contributed by atoms with Crippen molar-refractivity contribution in [2.75, 3.05) is 25.4 Å². The Morgan fingerprint density at radius 1 is 1.26 bits per heavy atom. The van der Waals surface area contributed by atoms with Crippen LogP contribution in [0.4, 0.5) is 0 Å². The highest BCUT2D eigenvalue weighted by Gasteiger charge is 2.31. The van der Waals surface area contributed by atoms with E-state index in [2.05, 4.69) is 18.7 Å². The highest BCUT2D eigenvalue weighted by molar-refractivity contribution is 8.00. The molecule has 0 unspecified atom stereocenters. The highest BCUT2D eigenvalue weighted by atomic mass is 32.2. The minimum atomic E-state index is 0.272. The zero-order valence-corrected chi connectivity index (χ0v) is 13.2. The van der Waals surface area contributed by atoms with Crippen molar-refractivity contribution in [3.8, 4) is 0 Å². The Morgan fingerprint density at radius 3 is 2.58 bits per heavy atom. The van der Waals surface area contributed by atoms with Gasteiger partial charge < -0.3 is 10.6 Å². The summed E-state index contributed by atoms with van der Waals surface area (Å²) in [5.74, 6) is 2.42. The first-order chi connectivity index (χ1) is 9.02. The third-order valence-corrected chi connectivity index (χ3v) is 6.05. The number of carbonyl (C=O) groups excluding carboxylic acids is 1. The third-order valence-electron chi connectivity index (χ3n) is 4.68. The summed E-state index contributed by atoms with van der Waals surface area (Å²) in [5.41, 5.74) is 5.72. The van der Waals surface area contributed by atoms with Gasteiger partial charge in [-0.1, -0.05) is 13.8 Å². The van der Waals surface area contributed by atoms with Crippen molar-refractivity contribution < 1.29 is 4.79 Å². The maximum Gasteiger partial charge on any atom is 0.225 e. The van der Waals surface area contributed by atoms with E-state index in [1.54, 1.807) is 0 Å². The van der Waals surface area contributed by atoms with Crippen LogP contribution in [-0.2, 0) is 4.79 Å². The fourth-order valence-corrected chi connectivity index (χ4v) is 4.24. The maximum absolute atomic E-state index is 12.6. The zero-order valence-electron chi connectivity index (χ0n) is 12.4. The van der Waals surface area contributed by atoms with Crippen LogP contribution < -0.4 is 5.73 Å². The van der Waals surface area contributed by atoms with Crippen molar-refractivity contribution in [1.82, 2.24) is 4.90 Å². The third kappa shape index (κ3) is 4.12. The zero-order chi connectivity index (χ0) is 13.9. The highest BCUT2D eigenvalue weighted by Crippen LogP contribution is 2.33. The van der Waals surface area contributed by atoms with Crippen molar-refractivity contribution in [2.45, 2.75) is 50.7 Å². The van der Waals surface area contributed by atoms with E-state index < -0.39 is 0 Å². The molecule has 0 aromatic carbocycles. The Hall–Kier alpha value is -0.220. The summed E-state index contributed by atoms with van der Waals surface area (Å²) in [6.07, 6.45) is 5.49. The summed E-state index contributed by atoms with van der Waals surface area (Å²) >= 11 is 2.00. The van der Waals surface area contributed by atoms with E-state index in [9.17, 15) is 4.79 Å². The van der Waals surface area contributed by atoms with Crippen molar-refractivity contribution in [1.29, 1.82) is 0 Å². The van der Waals surface area contributed by atoms with Crippen molar-refractivity contribution in [3.63, 3.8) is 0 Å². The van der Waals surface area contributed by atoms with Crippen LogP contribution in [0.2, 0.25) is 0 Å². The van der Waals surface area contributed by atoms with Gasteiger partial charge in [-0.2, -0.15) is 11.8 Å². The van der Waals surface area contributed by atoms with Gasteiger partial charge in [-0.15, -0.1) is 0 Å². The Morgan fingerprint density at radius 2 is 1.95 bits per heavy atom. The van der Waals surface area contributed by atoms with E-state index in [-0.39, 0.29) is 5.92 Å². The van der Waals surface area contributed by atoms with Gasteiger partial charge >= 0.3 is 0 Å². The molecule has 0 radical (unpaired) electrons. The van der Waals surface area contributed by atoms with E-state index in [1.165, 1.54) is 0 Å². The SMILES string of the molecule is CC1(C)CCN(C(=O)C2CCC(CN)CC2)CCS1. The lowest BCUT2D eigenvalue weighted by Gasteiger charge is -2.31. The summed E-state index contributed by atoms with van der Waals surface area (Å²) in [6.45, 7) is 7.24. The first-order valence-corrected chi connectivity index (χ1v) is 8.63. The van der Waals surface area contributed by atoms with Gasteiger partial charge in [0.15, 0.2) is 0 Å². The van der Waals surface area contributed by atoms with E-state index in [0.717, 1.165) is 57.5 Å². The number of thioether (sulfide) groups is 1. The van der Waals surface area contributed by atoms with Crippen LogP contribution in [0.1, 0.15) is 46.0 Å². The standard InChI is InChI=1S/C15H28N2OS/c1-15(2)7-8-17(9-10-19-15)14(18)13-5-3-12(11-16)4-6-13/h12-13H,3-11,16H2,1-2H3. The van der Waals surface area contributed by atoms with Crippen molar-refractivity contribution in [2.24, 2.45) is 17.6 Å². The van der Waals surface area contributed by atoms with E-state index in [1.807, 2.05) is 11.8 Å². The monoisotopic (exact) mass is 284 g/mol. The summed E-state index contributed by atoms with van der Waals surface area (Å²) in [7, 11) is 0. The van der Waals surface area contributed by atoms with Gasteiger partial charge in [0.1, 0.15) is 0 Å². The molecule has 4 heteroatoms. The fourth-order valence-electron chi connectivity index (χ4n) is 3.14. The molecule has 2 rings (SSSR count). The number of rotatable bonds is 2. The number of nitrogens with two attached hydrogens (primary N) is 1. The van der Waals surface area contributed by atoms with E-state index in [0.29, 0.717) is 16.6 Å². The van der Waals surface area contributed by atoms with Crippen LogP contribution in [0.15, 0.2) is 0 Å². The molecule has 1 heterocycles. The molecule has 0 bridgehead atoms. The van der Waals surface area contributed by atoms with Gasteiger partial charge in [-0.3, -0.25) is 4.79 Å². The summed E-state index contributed by atoms with van der Waals surface area (Å²) < 4.78 is 0.326. The molecule has 1 aliphatic carbocycles. The first kappa shape index (κ1) is 15.2. The second-order valence-electron chi connectivity index (χ2n) is 6.64. The summed E-state index contributed by atoms with van der Waals surface area (Å²) in [4.78, 5) is 14.7. The van der Waals surface area contributed by atoms with Crippen LogP contribution in [0.5, 0.6) is 0 Å². The van der Waals surface area contributed by atoms with Gasteiger partial charge in [-0.05, 0) is 44.6 Å². The summed E-state index contributed by atoms with van der Waals surface area (Å²) in [6, 6.07) is 0. The van der Waals surface area contributed by atoms with Gasteiger partial charge in [-0.25, -0.2) is 0 Å². The average molecular weight is 284 g/mol. The summed E-state index contributed by atoms with van der Waals surface area (Å²) in [5, 5.41) is 0. The van der Waals surface area contributed by atoms with Gasteiger partial charge in [0.25, 0.3) is 0 Å². The van der Waals surface area contributed by atoms with E-state index in [4.69, 9.17) is 5.73 Å². The predicted octanol–water partition coefficient (Wildman–Crippen LogP) is 2.50. The molecule has 2 N–H and O–H groups in total. The minimum Gasteiger partial charge on any atom is -0.342 e. The number of hydrogen-bond donors (Lipinski definition) is 1. The van der Waals surface area contributed by atoms with Crippen molar-refractivity contribution in [3.05, 3.63) is 0 Å². The van der Waals surface area contributed by atoms with Crippen LogP contribution in [0.3, 0.4) is 0 Å². The number of amides is 1. The fraction of sp³-hybridized carbons (Fsp3) is 0.933. The molecule has 110 valence electrons. The largest absolute Gasteiger partial charge is 0.342 e. The molecule has 0 aromatic rings. The second kappa shape index (κ2) is 6.49. The first-order valence-electron chi connectivity index (χ1n) is 7.64. The predicted molar refractivity (Wildman–Crippen MR) is 82.2 cm³/mol. The average Bonchev–Trinajstić information content (AvgIpc) is 2.59. The Balaban J connectivity index is 1.86. The quantitative estimate of drug-likeness (QED) is 0.847. The van der Waals surface area contributed by atoms with Gasteiger partial charge in [0, 0.05) is 29.5 Å². The van der Waals surface area contributed by atoms with Crippen molar-refractivity contribution >= 4 is 17.7 Å². The molecule has 1 saturated heterocycles. The van der Waals surface area contributed by atoms with E-state index >= 15 is 0 Å². The second-order valence-corrected chi connectivity index (χ2v) is 8.44. The minimum absolute atomic E-state index is 0.272. The lowest BCUT2D eigenvalue weighted by molar-refractivity contribution is -0.136. The molecule has 0 aromatic heterocycles. The topological polar surface area (TPSA) is 46.3 Å². The van der Waals surface area contributed by atoms with Crippen LogP contribution >= 0.6 is 11.8 Å². The lowest BCUT2D eigenvalue weighted by Crippen LogP contribution is -2.39. The molecular weight excluding hydrogens is 256 g/mol. The molecule has 3 nitrogen and oxygen atoms in total. The van der Waals surface area contributed by atoms with Gasteiger partial charge in [0.2, 0.25) is 5.91 Å². The number of carbonyl (C=O) groups is 1. The molecular formula is C15H28N2OS. The molecule has 1 aliphatic heterocycles. The maximum atomic E-state index is 12.6. The molecule has 0 spiro atoms. The number of nitrogens with zero attached hydrogens (tertiary/aromatic N) is 1. The van der Waals surface area contributed by atoms with Crippen LogP contribution in [0.25, 0.3) is 0 Å².